The van der Waals surface area contributed by atoms with E-state index in [0.29, 0.717) is 22.4 Å². The van der Waals surface area contributed by atoms with Crippen LogP contribution >= 0.6 is 11.8 Å². The van der Waals surface area contributed by atoms with Crippen LogP contribution in [0.4, 0.5) is 4.39 Å². The molecule has 168 valence electrons. The molecule has 4 rings (SSSR count). The van der Waals surface area contributed by atoms with Crippen LogP contribution in [0.5, 0.6) is 5.75 Å². The van der Waals surface area contributed by atoms with Crippen LogP contribution < -0.4 is 4.74 Å². The summed E-state index contributed by atoms with van der Waals surface area (Å²) in [6.45, 7) is 0. The lowest BCUT2D eigenvalue weighted by molar-refractivity contribution is -0.128. The van der Waals surface area contributed by atoms with E-state index in [-0.39, 0.29) is 5.91 Å². The van der Waals surface area contributed by atoms with Gasteiger partial charge in [0, 0.05) is 19.7 Å². The van der Waals surface area contributed by atoms with E-state index < -0.39 is 11.1 Å². The molecule has 4 aromatic rings. The van der Waals surface area contributed by atoms with E-state index in [1.54, 1.807) is 48.9 Å². The molecule has 0 aliphatic rings. The largest absolute Gasteiger partial charge is 0.497 e. The number of para-hydroxylation sites is 1. The number of carbonyl (C=O) groups excluding carboxylic acids is 1. The van der Waals surface area contributed by atoms with Crippen LogP contribution in [-0.4, -0.2) is 46.8 Å². The number of amides is 1. The van der Waals surface area contributed by atoms with Crippen LogP contribution in [0.1, 0.15) is 10.8 Å². The van der Waals surface area contributed by atoms with Crippen molar-refractivity contribution in [3.63, 3.8) is 0 Å². The van der Waals surface area contributed by atoms with Gasteiger partial charge >= 0.3 is 0 Å². The first-order chi connectivity index (χ1) is 16.0. The van der Waals surface area contributed by atoms with Crippen molar-refractivity contribution in [1.82, 2.24) is 19.7 Å². The average molecular weight is 463 g/mol. The number of benzene rings is 3. The van der Waals surface area contributed by atoms with Gasteiger partial charge in [-0.1, -0.05) is 54.2 Å². The van der Waals surface area contributed by atoms with Crippen molar-refractivity contribution >= 4 is 17.7 Å². The van der Waals surface area contributed by atoms with Gasteiger partial charge in [-0.25, -0.2) is 4.39 Å². The van der Waals surface area contributed by atoms with Gasteiger partial charge in [0.1, 0.15) is 16.8 Å². The van der Waals surface area contributed by atoms with Gasteiger partial charge in [-0.3, -0.25) is 9.36 Å². The monoisotopic (exact) mass is 462 g/mol. The summed E-state index contributed by atoms with van der Waals surface area (Å²) in [6.07, 6.45) is 0. The smallest absolute Gasteiger partial charge is 0.240 e. The minimum atomic E-state index is -0.570. The second-order valence-electron chi connectivity index (χ2n) is 7.46. The fraction of sp³-hybridized carbons (Fsp3) is 0.160. The SMILES string of the molecule is COc1ccc(-c2nnc(SC(C(=O)N(C)C)c3ccccc3)n2-c2ccccc2F)cc1. The highest BCUT2D eigenvalue weighted by atomic mass is 32.2. The average Bonchev–Trinajstić information content (AvgIpc) is 3.26. The van der Waals surface area contributed by atoms with Crippen molar-refractivity contribution in [3.05, 3.63) is 90.2 Å². The van der Waals surface area contributed by atoms with Gasteiger partial charge in [0.2, 0.25) is 5.91 Å². The zero-order valence-corrected chi connectivity index (χ0v) is 19.3. The summed E-state index contributed by atoms with van der Waals surface area (Å²) in [5.74, 6) is 0.657. The summed E-state index contributed by atoms with van der Waals surface area (Å²) < 4.78 is 21.8. The summed E-state index contributed by atoms with van der Waals surface area (Å²) in [5, 5.41) is 8.58. The lowest BCUT2D eigenvalue weighted by Gasteiger charge is -2.20. The molecule has 1 heterocycles. The molecule has 1 amide bonds. The Morgan fingerprint density at radius 3 is 2.27 bits per heavy atom. The summed E-state index contributed by atoms with van der Waals surface area (Å²) in [6, 6.07) is 23.2. The molecule has 0 aliphatic carbocycles. The number of hydrogen-bond donors (Lipinski definition) is 0. The summed E-state index contributed by atoms with van der Waals surface area (Å²) in [4.78, 5) is 14.6. The van der Waals surface area contributed by atoms with Crippen molar-refractivity contribution in [2.24, 2.45) is 0 Å². The predicted octanol–water partition coefficient (Wildman–Crippen LogP) is 5.00. The van der Waals surface area contributed by atoms with Crippen LogP contribution in [0.25, 0.3) is 17.1 Å². The molecular weight excluding hydrogens is 439 g/mol. The number of carbonyl (C=O) groups is 1. The van der Waals surface area contributed by atoms with Crippen LogP contribution in [0, 0.1) is 5.82 Å². The maximum absolute atomic E-state index is 14.9. The molecule has 0 saturated carbocycles. The number of methoxy groups -OCH3 is 1. The molecule has 1 atom stereocenters. The van der Waals surface area contributed by atoms with Crippen LogP contribution in [0.15, 0.2) is 84.0 Å². The van der Waals surface area contributed by atoms with E-state index in [4.69, 9.17) is 4.74 Å². The van der Waals surface area contributed by atoms with E-state index >= 15 is 0 Å². The maximum Gasteiger partial charge on any atom is 0.240 e. The predicted molar refractivity (Wildman–Crippen MR) is 127 cm³/mol. The summed E-state index contributed by atoms with van der Waals surface area (Å²) in [5.41, 5.74) is 1.88. The fourth-order valence-corrected chi connectivity index (χ4v) is 4.55. The molecule has 0 fully saturated rings. The van der Waals surface area contributed by atoms with E-state index in [1.807, 2.05) is 54.6 Å². The first-order valence-corrected chi connectivity index (χ1v) is 11.1. The molecule has 6 nitrogen and oxygen atoms in total. The molecule has 0 radical (unpaired) electrons. The highest BCUT2D eigenvalue weighted by Crippen LogP contribution is 2.38. The third-order valence-electron chi connectivity index (χ3n) is 5.07. The zero-order chi connectivity index (χ0) is 23.4. The van der Waals surface area contributed by atoms with Gasteiger partial charge in [-0.15, -0.1) is 10.2 Å². The highest BCUT2D eigenvalue weighted by Gasteiger charge is 2.28. The number of hydrogen-bond acceptors (Lipinski definition) is 5. The van der Waals surface area contributed by atoms with Crippen molar-refractivity contribution in [1.29, 1.82) is 0 Å². The molecule has 3 aromatic carbocycles. The van der Waals surface area contributed by atoms with Gasteiger partial charge in [0.25, 0.3) is 0 Å². The topological polar surface area (TPSA) is 60.3 Å². The van der Waals surface area contributed by atoms with E-state index in [2.05, 4.69) is 10.2 Å². The highest BCUT2D eigenvalue weighted by molar-refractivity contribution is 8.00. The molecule has 8 heteroatoms. The molecule has 0 spiro atoms. The third kappa shape index (κ3) is 4.75. The molecule has 33 heavy (non-hydrogen) atoms. The first kappa shape index (κ1) is 22.5. The Hall–Kier alpha value is -3.65. The van der Waals surface area contributed by atoms with Gasteiger partial charge in [-0.2, -0.15) is 0 Å². The molecule has 0 N–H and O–H groups in total. The maximum atomic E-state index is 14.9. The minimum absolute atomic E-state index is 0.0970. The normalized spacial score (nSPS) is 11.8. The Labute approximate surface area is 196 Å². The summed E-state index contributed by atoms with van der Waals surface area (Å²) in [7, 11) is 5.02. The Kier molecular flexibility index (Phi) is 6.74. The van der Waals surface area contributed by atoms with Gasteiger partial charge in [0.15, 0.2) is 11.0 Å². The number of likely N-dealkylation sites (N-methyl/N-ethyl adjacent to an activating group) is 1. The molecule has 1 aromatic heterocycles. The number of nitrogens with zero attached hydrogens (tertiary/aromatic N) is 4. The first-order valence-electron chi connectivity index (χ1n) is 10.3. The molecule has 0 saturated heterocycles. The Balaban J connectivity index is 1.84. The molecule has 0 aliphatic heterocycles. The summed E-state index contributed by atoms with van der Waals surface area (Å²) >= 11 is 1.24. The van der Waals surface area contributed by atoms with Crippen LogP contribution in [0.2, 0.25) is 0 Å². The lowest BCUT2D eigenvalue weighted by Crippen LogP contribution is -2.27. The number of ether oxygens (including phenoxy) is 1. The Morgan fingerprint density at radius 2 is 1.64 bits per heavy atom. The van der Waals surface area contributed by atoms with Crippen LogP contribution in [0.3, 0.4) is 0 Å². The van der Waals surface area contributed by atoms with Crippen molar-refractivity contribution in [3.8, 4) is 22.8 Å². The van der Waals surface area contributed by atoms with Gasteiger partial charge in [-0.05, 0) is 42.0 Å². The Bertz CT molecular complexity index is 1240. The number of halogens is 1. The van der Waals surface area contributed by atoms with Crippen molar-refractivity contribution in [2.75, 3.05) is 21.2 Å². The number of thioether (sulfide) groups is 1. The number of rotatable bonds is 7. The molecule has 0 bridgehead atoms. The quantitative estimate of drug-likeness (QED) is 0.362. The van der Waals surface area contributed by atoms with E-state index in [1.165, 1.54) is 17.8 Å². The Morgan fingerprint density at radius 1 is 0.970 bits per heavy atom. The minimum Gasteiger partial charge on any atom is -0.497 e. The van der Waals surface area contributed by atoms with E-state index in [9.17, 15) is 9.18 Å². The standard InChI is InChI=1S/C25H23FN4O2S/c1-29(2)24(31)22(17-9-5-4-6-10-17)33-25-28-27-23(18-13-15-19(32-3)16-14-18)30(25)21-12-8-7-11-20(21)26/h4-16,22H,1-3H3. The second kappa shape index (κ2) is 9.87. The van der Waals surface area contributed by atoms with Crippen LogP contribution in [-0.2, 0) is 4.79 Å². The van der Waals surface area contributed by atoms with Gasteiger partial charge in [0.05, 0.1) is 12.8 Å². The second-order valence-corrected chi connectivity index (χ2v) is 8.53. The van der Waals surface area contributed by atoms with Crippen molar-refractivity contribution in [2.45, 2.75) is 10.4 Å². The lowest BCUT2D eigenvalue weighted by atomic mass is 10.1. The zero-order valence-electron chi connectivity index (χ0n) is 18.5. The van der Waals surface area contributed by atoms with Crippen molar-refractivity contribution < 1.29 is 13.9 Å². The molecule has 1 unspecified atom stereocenters. The number of aromatic nitrogens is 3. The third-order valence-corrected chi connectivity index (χ3v) is 6.25. The molecular formula is C25H23FN4O2S. The fourth-order valence-electron chi connectivity index (χ4n) is 3.35. The van der Waals surface area contributed by atoms with E-state index in [0.717, 1.165) is 11.1 Å². The van der Waals surface area contributed by atoms with Gasteiger partial charge < -0.3 is 9.64 Å².